The zero-order valence-corrected chi connectivity index (χ0v) is 7.14. The maximum atomic E-state index is 5.00. The summed E-state index contributed by atoms with van der Waals surface area (Å²) in [6.07, 6.45) is 0. The monoisotopic (exact) mass is 277 g/mol. The first-order chi connectivity index (χ1) is 3.93. The molecule has 1 aromatic rings. The van der Waals surface area contributed by atoms with Gasteiger partial charge in [0.2, 0.25) is 0 Å². The molecule has 41 valence electrons. The Morgan fingerprint density at radius 3 is 2.12 bits per heavy atom. The number of hydrogen-bond donors (Lipinski definition) is 0. The molecule has 0 heterocycles. The van der Waals surface area contributed by atoms with Gasteiger partial charge in [-0.05, 0) is 0 Å². The van der Waals surface area contributed by atoms with Gasteiger partial charge < -0.3 is 0 Å². The van der Waals surface area contributed by atoms with Crippen molar-refractivity contribution in [3.63, 3.8) is 0 Å². The Balaban J connectivity index is 2.83. The molecule has 0 bridgehead atoms. The quantitative estimate of drug-likeness (QED) is 0.756. The molecule has 0 aliphatic heterocycles. The molecule has 0 unspecified atom stereocenters. The Morgan fingerprint density at radius 2 is 1.75 bits per heavy atom. The van der Waals surface area contributed by atoms with Crippen LogP contribution in [-0.4, -0.2) is 0 Å². The van der Waals surface area contributed by atoms with Gasteiger partial charge >= 0.3 is 59.7 Å². The van der Waals surface area contributed by atoms with E-state index in [0.29, 0.717) is 0 Å². The Bertz CT molecular complexity index is 150. The van der Waals surface area contributed by atoms with Crippen LogP contribution in [0.25, 0.3) is 0 Å². The number of rotatable bonds is 1. The van der Waals surface area contributed by atoms with Crippen molar-refractivity contribution in [2.75, 3.05) is 0 Å². The summed E-state index contributed by atoms with van der Waals surface area (Å²) in [6, 6.07) is 9.76. The second-order valence-corrected chi connectivity index (χ2v) is 2.00. The van der Waals surface area contributed by atoms with Crippen molar-refractivity contribution in [3.8, 4) is 5.75 Å². The predicted molar refractivity (Wildman–Crippen MR) is 27.1 cm³/mol. The fourth-order valence-electron chi connectivity index (χ4n) is 0.476. The van der Waals surface area contributed by atoms with E-state index in [1.165, 1.54) is 0 Å². The third-order valence-electron chi connectivity index (χ3n) is 0.839. The summed E-state index contributed by atoms with van der Waals surface area (Å²) in [5.41, 5.74) is 0. The van der Waals surface area contributed by atoms with Crippen molar-refractivity contribution in [3.05, 3.63) is 30.3 Å². The van der Waals surface area contributed by atoms with Gasteiger partial charge in [0.15, 0.2) is 0 Å². The number of para-hydroxylation sites is 1. The van der Waals surface area contributed by atoms with Crippen LogP contribution in [0.15, 0.2) is 30.3 Å². The van der Waals surface area contributed by atoms with Gasteiger partial charge in [-0.2, -0.15) is 0 Å². The molecular weight excluding hydrogens is 272 g/mol. The molecule has 8 heavy (non-hydrogen) atoms. The van der Waals surface area contributed by atoms with E-state index < -0.39 is 0 Å². The van der Waals surface area contributed by atoms with Gasteiger partial charge in [-0.3, -0.25) is 0 Å². The summed E-state index contributed by atoms with van der Waals surface area (Å²) in [7, 11) is 0. The van der Waals surface area contributed by atoms with Crippen LogP contribution in [0, 0.1) is 0 Å². The number of benzene rings is 1. The second kappa shape index (κ2) is 2.88. The van der Waals surface area contributed by atoms with Crippen molar-refractivity contribution in [1.29, 1.82) is 0 Å². The van der Waals surface area contributed by atoms with E-state index in [4.69, 9.17) is 3.39 Å². The van der Waals surface area contributed by atoms with E-state index in [1.54, 1.807) is 0 Å². The van der Waals surface area contributed by atoms with Gasteiger partial charge in [-0.25, -0.2) is 0 Å². The fourth-order valence-corrected chi connectivity index (χ4v) is 0.875. The van der Waals surface area contributed by atoms with Gasteiger partial charge in [-0.1, -0.05) is 0 Å². The molecule has 0 spiro atoms. The third-order valence-corrected chi connectivity index (χ3v) is 1.53. The number of hydrogen-bond acceptors (Lipinski definition) is 1. The van der Waals surface area contributed by atoms with Gasteiger partial charge in [0, 0.05) is 0 Å². The second-order valence-electron chi connectivity index (χ2n) is 1.40. The fraction of sp³-hybridized carbons (Fsp3) is 0. The standard InChI is InChI=1S/C6H6O.W/c7-6-4-2-1-3-5-6;/h1-5,7H;/q;+1/p-1. The average molecular weight is 277 g/mol. The van der Waals surface area contributed by atoms with Crippen LogP contribution in [-0.2, 0) is 20.2 Å². The average Bonchev–Trinajstić information content (AvgIpc) is 1.90. The molecule has 0 amide bonds. The van der Waals surface area contributed by atoms with E-state index in [0.717, 1.165) is 25.9 Å². The predicted octanol–water partition coefficient (Wildman–Crippen LogP) is 1.53. The molecule has 0 aliphatic carbocycles. The minimum atomic E-state index is 0.947. The first-order valence-electron chi connectivity index (χ1n) is 2.28. The summed E-state index contributed by atoms with van der Waals surface area (Å²) >= 11 is 1.13. The van der Waals surface area contributed by atoms with Crippen LogP contribution in [0.5, 0.6) is 5.75 Å². The van der Waals surface area contributed by atoms with E-state index in [2.05, 4.69) is 0 Å². The third kappa shape index (κ3) is 1.34. The summed E-state index contributed by atoms with van der Waals surface area (Å²) < 4.78 is 5.00. The summed E-state index contributed by atoms with van der Waals surface area (Å²) in [6.45, 7) is 0. The van der Waals surface area contributed by atoms with Gasteiger partial charge in [0.25, 0.3) is 0 Å². The minimum absolute atomic E-state index is 0.947. The maximum absolute atomic E-state index is 5.00. The van der Waals surface area contributed by atoms with Gasteiger partial charge in [0.05, 0.1) is 0 Å². The molecule has 0 radical (unpaired) electrons. The van der Waals surface area contributed by atoms with Crippen LogP contribution < -0.4 is 3.39 Å². The van der Waals surface area contributed by atoms with E-state index >= 15 is 0 Å². The van der Waals surface area contributed by atoms with Crippen molar-refractivity contribution in [2.24, 2.45) is 0 Å². The summed E-state index contributed by atoms with van der Waals surface area (Å²) in [5.74, 6) is 0.947. The SMILES string of the molecule is [W][O]c1ccccc1. The molecule has 0 aromatic heterocycles. The Morgan fingerprint density at radius 1 is 1.12 bits per heavy atom. The van der Waals surface area contributed by atoms with E-state index in [9.17, 15) is 0 Å². The molecular formula is C6H5OW. The van der Waals surface area contributed by atoms with Gasteiger partial charge in [0.1, 0.15) is 0 Å². The van der Waals surface area contributed by atoms with Gasteiger partial charge in [-0.15, -0.1) is 0 Å². The molecule has 2 heteroatoms. The van der Waals surface area contributed by atoms with Crippen LogP contribution in [0.3, 0.4) is 0 Å². The van der Waals surface area contributed by atoms with E-state index in [1.807, 2.05) is 30.3 Å². The van der Waals surface area contributed by atoms with Crippen molar-refractivity contribution >= 4 is 0 Å². The molecule has 1 nitrogen and oxygen atoms in total. The molecule has 0 saturated heterocycles. The van der Waals surface area contributed by atoms with Crippen molar-refractivity contribution in [2.45, 2.75) is 0 Å². The van der Waals surface area contributed by atoms with Crippen LogP contribution in [0.2, 0.25) is 0 Å². The van der Waals surface area contributed by atoms with Crippen molar-refractivity contribution in [1.82, 2.24) is 0 Å². The molecule has 1 aromatic carbocycles. The molecule has 0 saturated carbocycles. The topological polar surface area (TPSA) is 9.23 Å². The Hall–Kier alpha value is -0.292. The molecule has 1 rings (SSSR count). The van der Waals surface area contributed by atoms with Crippen LogP contribution in [0.4, 0.5) is 0 Å². The summed E-state index contributed by atoms with van der Waals surface area (Å²) in [5, 5.41) is 0. The molecule has 0 aliphatic rings. The van der Waals surface area contributed by atoms with E-state index in [-0.39, 0.29) is 0 Å². The molecule has 0 N–H and O–H groups in total. The molecule has 0 fully saturated rings. The zero-order chi connectivity index (χ0) is 5.82. The van der Waals surface area contributed by atoms with Crippen LogP contribution in [0.1, 0.15) is 0 Å². The normalized spacial score (nSPS) is 8.50. The zero-order valence-electron chi connectivity index (χ0n) is 4.20. The van der Waals surface area contributed by atoms with Crippen LogP contribution >= 0.6 is 0 Å². The first-order valence-corrected chi connectivity index (χ1v) is 3.48. The Labute approximate surface area is 60.0 Å². The Kier molecular flexibility index (Phi) is 2.10. The molecule has 0 atom stereocenters. The van der Waals surface area contributed by atoms with Crippen molar-refractivity contribution < 1.29 is 23.6 Å². The first kappa shape index (κ1) is 5.84. The summed E-state index contributed by atoms with van der Waals surface area (Å²) in [4.78, 5) is 0.